The van der Waals surface area contributed by atoms with Crippen LogP contribution in [0.3, 0.4) is 0 Å². The van der Waals surface area contributed by atoms with Gasteiger partial charge in [-0.1, -0.05) is 90.6 Å². The van der Waals surface area contributed by atoms with E-state index < -0.39 is 16.3 Å². The van der Waals surface area contributed by atoms with Crippen molar-refractivity contribution in [2.24, 2.45) is 0 Å². The van der Waals surface area contributed by atoms with Crippen LogP contribution >= 0.6 is 11.8 Å². The second-order valence-electron chi connectivity index (χ2n) is 11.0. The average molecular weight is 655 g/mol. The molecule has 10 heteroatoms. The topological polar surface area (TPSA) is 112 Å². The summed E-state index contributed by atoms with van der Waals surface area (Å²) in [6.45, 7) is 0.121. The lowest BCUT2D eigenvalue weighted by Gasteiger charge is -2.36. The smallest absolute Gasteiger partial charge is 0.251 e. The molecular formula is C36H34N2O6S2. The van der Waals surface area contributed by atoms with Crippen molar-refractivity contribution < 1.29 is 27.7 Å². The lowest BCUT2D eigenvalue weighted by Crippen LogP contribution is -2.32. The highest BCUT2D eigenvalue weighted by molar-refractivity contribution is 7.99. The Morgan fingerprint density at radius 3 is 2.30 bits per heavy atom. The van der Waals surface area contributed by atoms with Gasteiger partial charge in [0.15, 0.2) is 12.5 Å². The molecule has 0 radical (unpaired) electrons. The lowest BCUT2D eigenvalue weighted by atomic mass is 9.99. The van der Waals surface area contributed by atoms with Gasteiger partial charge in [0.25, 0.3) is 5.03 Å². The van der Waals surface area contributed by atoms with E-state index in [1.807, 2.05) is 78.9 Å². The Morgan fingerprint density at radius 1 is 0.804 bits per heavy atom. The molecule has 0 unspecified atom stereocenters. The Hall–Kier alpha value is -4.03. The van der Waals surface area contributed by atoms with Gasteiger partial charge in [-0.3, -0.25) is 0 Å². The summed E-state index contributed by atoms with van der Waals surface area (Å²) in [7, 11) is -3.64. The fraction of sp³-hybridized carbons (Fsp3) is 0.194. The minimum Gasteiger partial charge on any atom is -0.618 e. The predicted octanol–water partition coefficient (Wildman–Crippen LogP) is 6.30. The van der Waals surface area contributed by atoms with E-state index in [1.165, 1.54) is 18.0 Å². The first-order chi connectivity index (χ1) is 22.4. The van der Waals surface area contributed by atoms with Crippen molar-refractivity contribution in [3.05, 3.63) is 155 Å². The second-order valence-corrected chi connectivity index (χ2v) is 13.8. The Kier molecular flexibility index (Phi) is 10.1. The van der Waals surface area contributed by atoms with Crippen molar-refractivity contribution in [1.82, 2.24) is 4.72 Å². The van der Waals surface area contributed by atoms with E-state index >= 15 is 0 Å². The van der Waals surface area contributed by atoms with E-state index in [0.29, 0.717) is 17.2 Å². The predicted molar refractivity (Wildman–Crippen MR) is 177 cm³/mol. The van der Waals surface area contributed by atoms with Crippen LogP contribution in [0.2, 0.25) is 0 Å². The van der Waals surface area contributed by atoms with Gasteiger partial charge in [-0.2, -0.15) is 4.73 Å². The van der Waals surface area contributed by atoms with Crippen molar-refractivity contribution in [2.75, 3.05) is 5.75 Å². The first-order valence-electron chi connectivity index (χ1n) is 14.9. The molecule has 0 aliphatic carbocycles. The van der Waals surface area contributed by atoms with Gasteiger partial charge >= 0.3 is 0 Å². The largest absolute Gasteiger partial charge is 0.618 e. The second kappa shape index (κ2) is 14.6. The van der Waals surface area contributed by atoms with Crippen LogP contribution in [0.25, 0.3) is 11.1 Å². The van der Waals surface area contributed by atoms with E-state index in [1.54, 1.807) is 42.5 Å². The maximum absolute atomic E-state index is 12.7. The Morgan fingerprint density at radius 2 is 1.54 bits per heavy atom. The van der Waals surface area contributed by atoms with Crippen LogP contribution in [0, 0.1) is 5.21 Å². The summed E-state index contributed by atoms with van der Waals surface area (Å²) in [4.78, 5) is 0.224. The van der Waals surface area contributed by atoms with Gasteiger partial charge < -0.3 is 19.8 Å². The fourth-order valence-corrected chi connectivity index (χ4v) is 7.29. The molecule has 8 nitrogen and oxygen atoms in total. The minimum atomic E-state index is -3.64. The minimum absolute atomic E-state index is 0.0318. The first kappa shape index (κ1) is 31.9. The lowest BCUT2D eigenvalue weighted by molar-refractivity contribution is -0.645. The molecule has 0 spiro atoms. The molecule has 1 aliphatic heterocycles. The molecule has 0 bridgehead atoms. The summed E-state index contributed by atoms with van der Waals surface area (Å²) in [5.74, 6) is 0.567. The molecule has 4 aromatic carbocycles. The third-order valence-electron chi connectivity index (χ3n) is 7.76. The standard InChI is InChI=1S/C36H34N2O6S2/c39-24-26-15-17-28(18-16-26)34-22-32(25-45-35-14-4-5-19-38(35)40)43-36(44-34)31-11-7-10-30(21-31)29-9-6-8-27(20-29)23-37-46(41,42)33-12-2-1-3-13-33/h1-21,32,34,36-37,39H,22-25H2/t32-,34+,36+/m1/s1. The van der Waals surface area contributed by atoms with Gasteiger partial charge in [0, 0.05) is 36.4 Å². The molecule has 1 saturated heterocycles. The number of ether oxygens (including phenoxy) is 2. The highest BCUT2D eigenvalue weighted by Crippen LogP contribution is 2.40. The molecule has 2 heterocycles. The van der Waals surface area contributed by atoms with Crippen LogP contribution in [0.15, 0.2) is 137 Å². The van der Waals surface area contributed by atoms with Crippen LogP contribution in [0.4, 0.5) is 0 Å². The Bertz CT molecular complexity index is 1870. The number of aliphatic hydroxyl groups is 1. The molecular weight excluding hydrogens is 621 g/mol. The number of hydrogen-bond donors (Lipinski definition) is 2. The third kappa shape index (κ3) is 7.84. The van der Waals surface area contributed by atoms with E-state index in [-0.39, 0.29) is 30.3 Å². The maximum Gasteiger partial charge on any atom is 0.251 e. The number of sulfonamides is 1. The van der Waals surface area contributed by atoms with Crippen molar-refractivity contribution in [3.8, 4) is 11.1 Å². The summed E-state index contributed by atoms with van der Waals surface area (Å²) >= 11 is 1.45. The molecule has 6 rings (SSSR count). The number of aromatic nitrogens is 1. The van der Waals surface area contributed by atoms with E-state index in [0.717, 1.165) is 38.1 Å². The van der Waals surface area contributed by atoms with Gasteiger partial charge in [-0.05, 0) is 58.1 Å². The Balaban J connectivity index is 1.21. The molecule has 46 heavy (non-hydrogen) atoms. The molecule has 236 valence electrons. The van der Waals surface area contributed by atoms with Crippen molar-refractivity contribution >= 4 is 21.8 Å². The number of nitrogens with zero attached hydrogens (tertiary/aromatic N) is 1. The SMILES string of the molecule is O=S(=O)(NCc1cccc(-c2cccc([C@H]3O[C@@H](CSc4cccc[n+]4[O-])C[C@@H](c4ccc(CO)cc4)O3)c2)c1)c1ccccc1. The number of hydrogen-bond acceptors (Lipinski definition) is 7. The highest BCUT2D eigenvalue weighted by atomic mass is 32.2. The van der Waals surface area contributed by atoms with Crippen molar-refractivity contribution in [3.63, 3.8) is 0 Å². The zero-order chi connectivity index (χ0) is 31.9. The molecule has 1 fully saturated rings. The molecule has 5 aromatic rings. The van der Waals surface area contributed by atoms with E-state index in [9.17, 15) is 18.7 Å². The quantitative estimate of drug-likeness (QED) is 0.0978. The van der Waals surface area contributed by atoms with Crippen LogP contribution in [0.5, 0.6) is 0 Å². The van der Waals surface area contributed by atoms with Crippen molar-refractivity contribution in [1.29, 1.82) is 0 Å². The van der Waals surface area contributed by atoms with Crippen molar-refractivity contribution in [2.45, 2.75) is 48.0 Å². The van der Waals surface area contributed by atoms with Gasteiger partial charge in [0.2, 0.25) is 10.0 Å². The van der Waals surface area contributed by atoms with Crippen LogP contribution in [-0.4, -0.2) is 25.4 Å². The summed E-state index contributed by atoms with van der Waals surface area (Å²) in [6.07, 6.45) is 0.986. The summed E-state index contributed by atoms with van der Waals surface area (Å²) in [6, 6.07) is 37.1. The molecule has 0 saturated carbocycles. The van der Waals surface area contributed by atoms with Crippen LogP contribution in [0.1, 0.15) is 41.1 Å². The van der Waals surface area contributed by atoms with Gasteiger partial charge in [0.05, 0.1) is 23.7 Å². The summed E-state index contributed by atoms with van der Waals surface area (Å²) in [5.41, 5.74) is 5.36. The fourth-order valence-electron chi connectivity index (χ4n) is 5.31. The number of nitrogens with one attached hydrogen (secondary N) is 1. The van der Waals surface area contributed by atoms with E-state index in [2.05, 4.69) is 4.72 Å². The number of aliphatic hydroxyl groups excluding tert-OH is 1. The molecule has 3 atom stereocenters. The van der Waals surface area contributed by atoms with Gasteiger partial charge in [0.1, 0.15) is 0 Å². The van der Waals surface area contributed by atoms with Gasteiger partial charge in [-0.25, -0.2) is 13.1 Å². The Labute approximate surface area is 273 Å². The molecule has 2 N–H and O–H groups in total. The molecule has 1 aromatic heterocycles. The van der Waals surface area contributed by atoms with Gasteiger partial charge in [-0.15, -0.1) is 0 Å². The number of pyridine rings is 1. The maximum atomic E-state index is 12.7. The summed E-state index contributed by atoms with van der Waals surface area (Å²) in [5, 5.41) is 22.4. The highest BCUT2D eigenvalue weighted by Gasteiger charge is 2.33. The monoisotopic (exact) mass is 654 g/mol. The number of thioether (sulfide) groups is 1. The third-order valence-corrected chi connectivity index (χ3v) is 10.3. The zero-order valence-electron chi connectivity index (χ0n) is 24.9. The number of rotatable bonds is 11. The van der Waals surface area contributed by atoms with Crippen LogP contribution in [-0.2, 0) is 32.6 Å². The zero-order valence-corrected chi connectivity index (χ0v) is 26.6. The molecule has 0 amide bonds. The van der Waals surface area contributed by atoms with E-state index in [4.69, 9.17) is 9.47 Å². The number of benzene rings is 4. The molecule has 1 aliphatic rings. The first-order valence-corrected chi connectivity index (χ1v) is 17.4. The van der Waals surface area contributed by atoms with Crippen LogP contribution < -0.4 is 9.45 Å². The summed E-state index contributed by atoms with van der Waals surface area (Å²) < 4.78 is 42.1. The average Bonchev–Trinajstić information content (AvgIpc) is 3.11. The normalized spacial score (nSPS) is 18.3.